The van der Waals surface area contributed by atoms with Gasteiger partial charge in [0.05, 0.1) is 19.8 Å². The first-order valence-corrected chi connectivity index (χ1v) is 9.99. The van der Waals surface area contributed by atoms with Gasteiger partial charge >= 0.3 is 0 Å². The highest BCUT2D eigenvalue weighted by molar-refractivity contribution is 6.08. The number of anilines is 1. The number of benzene rings is 2. The van der Waals surface area contributed by atoms with Crippen molar-refractivity contribution in [2.45, 2.75) is 47.1 Å². The maximum atomic E-state index is 13.5. The summed E-state index contributed by atoms with van der Waals surface area (Å²) in [5.41, 5.74) is 3.87. The minimum Gasteiger partial charge on any atom is -0.490 e. The predicted molar refractivity (Wildman–Crippen MR) is 111 cm³/mol. The summed E-state index contributed by atoms with van der Waals surface area (Å²) in [6.07, 6.45) is 0.856. The second kappa shape index (κ2) is 8.55. The van der Waals surface area contributed by atoms with Gasteiger partial charge in [0, 0.05) is 17.3 Å². The molecule has 0 aliphatic carbocycles. The normalized spacial score (nSPS) is 15.3. The molecule has 2 aromatic carbocycles. The van der Waals surface area contributed by atoms with Gasteiger partial charge in [-0.25, -0.2) is 0 Å². The van der Waals surface area contributed by atoms with Crippen LogP contribution in [0.1, 0.15) is 49.2 Å². The predicted octanol–water partition coefficient (Wildman–Crippen LogP) is 4.78. The Hall–Kier alpha value is -2.69. The topological polar surface area (TPSA) is 48.0 Å². The van der Waals surface area contributed by atoms with Crippen molar-refractivity contribution >= 4 is 11.6 Å². The second-order valence-corrected chi connectivity index (χ2v) is 6.96. The number of carbonyl (C=O) groups excluding carboxylic acids is 1. The van der Waals surface area contributed by atoms with Crippen LogP contribution in [0, 0.1) is 6.92 Å². The smallest absolute Gasteiger partial charge is 0.258 e. The Morgan fingerprint density at radius 1 is 1.00 bits per heavy atom. The van der Waals surface area contributed by atoms with E-state index in [0.29, 0.717) is 42.6 Å². The number of carbonyl (C=O) groups is 1. The van der Waals surface area contributed by atoms with Crippen molar-refractivity contribution in [3.05, 3.63) is 47.0 Å². The van der Waals surface area contributed by atoms with E-state index < -0.39 is 0 Å². The molecule has 1 aliphatic rings. The number of rotatable bonds is 7. The lowest BCUT2D eigenvalue weighted by atomic mass is 10.1. The zero-order valence-corrected chi connectivity index (χ0v) is 17.4. The molecular formula is C23H29NO4. The zero-order chi connectivity index (χ0) is 20.3. The largest absolute Gasteiger partial charge is 0.490 e. The van der Waals surface area contributed by atoms with Crippen LogP contribution in [0.4, 0.5) is 5.69 Å². The van der Waals surface area contributed by atoms with E-state index in [9.17, 15) is 4.79 Å². The van der Waals surface area contributed by atoms with Crippen LogP contribution in [0.15, 0.2) is 30.3 Å². The minimum absolute atomic E-state index is 0.0539. The van der Waals surface area contributed by atoms with Crippen LogP contribution < -0.4 is 19.1 Å². The van der Waals surface area contributed by atoms with E-state index in [1.165, 1.54) is 5.56 Å². The van der Waals surface area contributed by atoms with E-state index in [4.69, 9.17) is 14.2 Å². The van der Waals surface area contributed by atoms with Crippen LogP contribution >= 0.6 is 0 Å². The van der Waals surface area contributed by atoms with Gasteiger partial charge in [0.15, 0.2) is 11.5 Å². The lowest BCUT2D eigenvalue weighted by molar-refractivity contribution is 0.0980. The molecule has 1 aliphatic heterocycles. The van der Waals surface area contributed by atoms with Gasteiger partial charge in [0.1, 0.15) is 0 Å². The van der Waals surface area contributed by atoms with Crippen LogP contribution in [0.2, 0.25) is 0 Å². The fraction of sp³-hybridized carbons (Fsp3) is 0.435. The molecule has 1 amide bonds. The van der Waals surface area contributed by atoms with Crippen molar-refractivity contribution in [1.82, 2.24) is 0 Å². The average molecular weight is 383 g/mol. The van der Waals surface area contributed by atoms with E-state index >= 15 is 0 Å². The summed E-state index contributed by atoms with van der Waals surface area (Å²) >= 11 is 0. The molecule has 1 heterocycles. The summed E-state index contributed by atoms with van der Waals surface area (Å²) in [4.78, 5) is 15.4. The van der Waals surface area contributed by atoms with Crippen LogP contribution in [0.3, 0.4) is 0 Å². The molecule has 28 heavy (non-hydrogen) atoms. The molecule has 0 radical (unpaired) electrons. The Morgan fingerprint density at radius 3 is 2.18 bits per heavy atom. The molecule has 0 aromatic heterocycles. The van der Waals surface area contributed by atoms with Gasteiger partial charge in [-0.2, -0.15) is 0 Å². The molecule has 5 nitrogen and oxygen atoms in total. The first-order valence-electron chi connectivity index (χ1n) is 9.99. The maximum absolute atomic E-state index is 13.5. The Kier molecular flexibility index (Phi) is 6.12. The molecule has 150 valence electrons. The zero-order valence-electron chi connectivity index (χ0n) is 17.4. The third kappa shape index (κ3) is 3.79. The van der Waals surface area contributed by atoms with Crippen LogP contribution in [-0.4, -0.2) is 31.8 Å². The lowest BCUT2D eigenvalue weighted by Crippen LogP contribution is -2.35. The summed E-state index contributed by atoms with van der Waals surface area (Å²) in [7, 11) is 0. The Balaban J connectivity index is 2.05. The summed E-state index contributed by atoms with van der Waals surface area (Å²) < 4.78 is 17.3. The van der Waals surface area contributed by atoms with Crippen LogP contribution in [0.5, 0.6) is 17.2 Å². The molecule has 3 rings (SSSR count). The summed E-state index contributed by atoms with van der Waals surface area (Å²) in [5, 5.41) is 0. The first-order chi connectivity index (χ1) is 13.5. The van der Waals surface area contributed by atoms with Gasteiger partial charge in [-0.3, -0.25) is 4.79 Å². The molecule has 0 N–H and O–H groups in total. The molecule has 5 heteroatoms. The first kappa shape index (κ1) is 20.1. The minimum atomic E-state index is -0.0539. The summed E-state index contributed by atoms with van der Waals surface area (Å²) in [6, 6.07) is 9.92. The van der Waals surface area contributed by atoms with Gasteiger partial charge in [-0.15, -0.1) is 0 Å². The van der Waals surface area contributed by atoms with Crippen molar-refractivity contribution in [2.75, 3.05) is 24.7 Å². The highest BCUT2D eigenvalue weighted by Crippen LogP contribution is 2.41. The van der Waals surface area contributed by atoms with Gasteiger partial charge in [-0.05, 0) is 70.4 Å². The van der Waals surface area contributed by atoms with Crippen LogP contribution in [0.25, 0.3) is 0 Å². The monoisotopic (exact) mass is 383 g/mol. The highest BCUT2D eigenvalue weighted by atomic mass is 16.5. The van der Waals surface area contributed by atoms with Gasteiger partial charge in [0.25, 0.3) is 5.91 Å². The number of ether oxygens (including phenoxy) is 3. The Labute approximate surface area is 167 Å². The second-order valence-electron chi connectivity index (χ2n) is 6.96. The number of amides is 1. The Morgan fingerprint density at radius 2 is 1.61 bits per heavy atom. The van der Waals surface area contributed by atoms with E-state index in [1.54, 1.807) is 12.1 Å². The van der Waals surface area contributed by atoms with E-state index in [0.717, 1.165) is 17.7 Å². The van der Waals surface area contributed by atoms with Gasteiger partial charge in [0.2, 0.25) is 5.75 Å². The molecule has 0 saturated heterocycles. The maximum Gasteiger partial charge on any atom is 0.258 e. The van der Waals surface area contributed by atoms with Crippen molar-refractivity contribution in [2.24, 2.45) is 0 Å². The van der Waals surface area contributed by atoms with Gasteiger partial charge < -0.3 is 19.1 Å². The quantitative estimate of drug-likeness (QED) is 0.690. The number of fused-ring (bicyclic) bond motifs is 1. The molecule has 0 saturated carbocycles. The summed E-state index contributed by atoms with van der Waals surface area (Å²) in [5.74, 6) is 1.57. The van der Waals surface area contributed by atoms with Crippen molar-refractivity contribution in [3.63, 3.8) is 0 Å². The molecule has 1 unspecified atom stereocenters. The van der Waals surface area contributed by atoms with E-state index in [2.05, 4.69) is 25.1 Å². The molecule has 0 spiro atoms. The third-order valence-corrected chi connectivity index (χ3v) is 4.83. The molecule has 0 fully saturated rings. The third-order valence-electron chi connectivity index (χ3n) is 4.83. The van der Waals surface area contributed by atoms with E-state index in [1.807, 2.05) is 32.6 Å². The number of aryl methyl sites for hydroxylation is 1. The fourth-order valence-corrected chi connectivity index (χ4v) is 3.68. The number of hydrogen-bond acceptors (Lipinski definition) is 4. The van der Waals surface area contributed by atoms with Crippen molar-refractivity contribution < 1.29 is 19.0 Å². The number of hydrogen-bond donors (Lipinski definition) is 0. The van der Waals surface area contributed by atoms with Crippen molar-refractivity contribution in [3.8, 4) is 17.2 Å². The fourth-order valence-electron chi connectivity index (χ4n) is 3.68. The Bertz CT molecular complexity index is 835. The summed E-state index contributed by atoms with van der Waals surface area (Å²) in [6.45, 7) is 11.3. The van der Waals surface area contributed by atoms with E-state index in [-0.39, 0.29) is 11.9 Å². The molecule has 1 atom stereocenters. The SMILES string of the molecule is CCOc1cc(C(=O)N2c3cc(C)ccc3CC2C)cc(OCC)c1OCC. The highest BCUT2D eigenvalue weighted by Gasteiger charge is 2.32. The van der Waals surface area contributed by atoms with Crippen LogP contribution in [-0.2, 0) is 6.42 Å². The molecule has 2 aromatic rings. The van der Waals surface area contributed by atoms with Crippen molar-refractivity contribution in [1.29, 1.82) is 0 Å². The van der Waals surface area contributed by atoms with Gasteiger partial charge in [-0.1, -0.05) is 12.1 Å². The number of nitrogens with zero attached hydrogens (tertiary/aromatic N) is 1. The average Bonchev–Trinajstić information content (AvgIpc) is 2.98. The molecular weight excluding hydrogens is 354 g/mol. The standard InChI is InChI=1S/C23H29NO4/c1-6-26-20-13-18(14-21(27-7-2)22(20)28-8-3)23(25)24-16(5)12-17-10-9-15(4)11-19(17)24/h9-11,13-14,16H,6-8,12H2,1-5H3. The molecule has 0 bridgehead atoms. The lowest BCUT2D eigenvalue weighted by Gasteiger charge is -2.24.